The fourth-order valence-electron chi connectivity index (χ4n) is 4.12. The molecule has 0 aliphatic carbocycles. The molecule has 0 saturated heterocycles. The van der Waals surface area contributed by atoms with Crippen molar-refractivity contribution in [1.29, 1.82) is 0 Å². The first-order valence-electron chi connectivity index (χ1n) is 10.5. The third-order valence-electron chi connectivity index (χ3n) is 5.77. The number of nitrogens with one attached hydrogen (secondary N) is 1. The van der Waals surface area contributed by atoms with Gasteiger partial charge in [0, 0.05) is 61.6 Å². The average Bonchev–Trinajstić information content (AvgIpc) is 3.27. The molecule has 1 aromatic carbocycles. The maximum absolute atomic E-state index is 13.1. The van der Waals surface area contributed by atoms with E-state index in [2.05, 4.69) is 19.9 Å². The van der Waals surface area contributed by atoms with Crippen LogP contribution in [0.25, 0.3) is 17.1 Å². The second kappa shape index (κ2) is 8.32. The number of hydrogen-bond acceptors (Lipinski definition) is 4. The van der Waals surface area contributed by atoms with Crippen LogP contribution in [0.15, 0.2) is 71.9 Å². The van der Waals surface area contributed by atoms with Crippen molar-refractivity contribution in [2.24, 2.45) is 0 Å². The minimum atomic E-state index is -4.40. The van der Waals surface area contributed by atoms with Crippen molar-refractivity contribution in [1.82, 2.24) is 24.4 Å². The zero-order valence-electron chi connectivity index (χ0n) is 17.5. The highest BCUT2D eigenvalue weighted by Gasteiger charge is 2.30. The minimum Gasteiger partial charge on any atom is -0.320 e. The van der Waals surface area contributed by atoms with Crippen LogP contribution in [0.1, 0.15) is 22.5 Å². The van der Waals surface area contributed by atoms with Gasteiger partial charge in [0.05, 0.1) is 16.8 Å². The van der Waals surface area contributed by atoms with E-state index in [9.17, 15) is 18.0 Å². The molecule has 0 fully saturated rings. The van der Waals surface area contributed by atoms with Gasteiger partial charge in [-0.3, -0.25) is 14.7 Å². The summed E-state index contributed by atoms with van der Waals surface area (Å²) >= 11 is 0. The summed E-state index contributed by atoms with van der Waals surface area (Å²) in [6.07, 6.45) is 1.26. The molecule has 168 valence electrons. The van der Waals surface area contributed by atoms with E-state index in [4.69, 9.17) is 0 Å². The molecule has 4 aromatic rings. The summed E-state index contributed by atoms with van der Waals surface area (Å²) in [7, 11) is 0. The van der Waals surface area contributed by atoms with E-state index in [1.54, 1.807) is 41.4 Å². The molecule has 0 radical (unpaired) electrons. The second-order valence-electron chi connectivity index (χ2n) is 7.95. The van der Waals surface area contributed by atoms with Crippen LogP contribution in [-0.4, -0.2) is 31.0 Å². The van der Waals surface area contributed by atoms with Crippen LogP contribution in [-0.2, 0) is 25.7 Å². The quantitative estimate of drug-likeness (QED) is 0.505. The normalized spacial score (nSPS) is 14.3. The lowest BCUT2D eigenvalue weighted by Crippen LogP contribution is -2.35. The molecule has 1 N–H and O–H groups in total. The van der Waals surface area contributed by atoms with Crippen molar-refractivity contribution in [3.8, 4) is 17.1 Å². The summed E-state index contributed by atoms with van der Waals surface area (Å²) in [5.41, 5.74) is 2.62. The van der Waals surface area contributed by atoms with Crippen LogP contribution in [0.4, 0.5) is 13.2 Å². The number of hydrogen-bond donors (Lipinski definition) is 1. The van der Waals surface area contributed by atoms with Gasteiger partial charge in [-0.05, 0) is 42.5 Å². The summed E-state index contributed by atoms with van der Waals surface area (Å²) in [5.74, 6) is 0.521. The molecule has 0 amide bonds. The number of aromatic amines is 1. The maximum Gasteiger partial charge on any atom is 0.416 e. The number of pyridine rings is 1. The molecule has 0 spiro atoms. The van der Waals surface area contributed by atoms with Gasteiger partial charge in [-0.25, -0.2) is 4.98 Å². The smallest absolute Gasteiger partial charge is 0.320 e. The number of H-pyrrole nitrogens is 1. The lowest BCUT2D eigenvalue weighted by atomic mass is 10.1. The van der Waals surface area contributed by atoms with E-state index in [0.29, 0.717) is 43.1 Å². The number of fused-ring (bicyclic) bond motifs is 1. The number of alkyl halides is 3. The van der Waals surface area contributed by atoms with Gasteiger partial charge in [0.15, 0.2) is 0 Å². The Bertz CT molecular complexity index is 1340. The van der Waals surface area contributed by atoms with E-state index < -0.39 is 11.7 Å². The van der Waals surface area contributed by atoms with Crippen LogP contribution in [0.2, 0.25) is 0 Å². The highest BCUT2D eigenvalue weighted by Crippen LogP contribution is 2.31. The topological polar surface area (TPSA) is 66.8 Å². The van der Waals surface area contributed by atoms with E-state index >= 15 is 0 Å². The van der Waals surface area contributed by atoms with E-state index in [-0.39, 0.29) is 5.56 Å². The van der Waals surface area contributed by atoms with Crippen molar-refractivity contribution < 1.29 is 13.2 Å². The van der Waals surface area contributed by atoms with Crippen LogP contribution in [0.3, 0.4) is 0 Å². The van der Waals surface area contributed by atoms with Gasteiger partial charge >= 0.3 is 6.18 Å². The highest BCUT2D eigenvalue weighted by atomic mass is 19.4. The van der Waals surface area contributed by atoms with Crippen molar-refractivity contribution in [2.45, 2.75) is 25.7 Å². The number of nitrogens with zero attached hydrogens (tertiary/aromatic N) is 4. The molecule has 1 aliphatic heterocycles. The Morgan fingerprint density at radius 3 is 2.67 bits per heavy atom. The molecule has 3 aromatic heterocycles. The Balaban J connectivity index is 1.38. The largest absolute Gasteiger partial charge is 0.416 e. The molecular formula is C24H20F3N5O. The van der Waals surface area contributed by atoms with Crippen molar-refractivity contribution in [3.63, 3.8) is 0 Å². The molecule has 0 unspecified atom stereocenters. The predicted octanol–water partition coefficient (Wildman–Crippen LogP) is 4.20. The first-order chi connectivity index (χ1) is 15.9. The molecule has 5 rings (SSSR count). The van der Waals surface area contributed by atoms with Crippen molar-refractivity contribution in [3.05, 3.63) is 100.0 Å². The molecule has 9 heteroatoms. The van der Waals surface area contributed by atoms with Gasteiger partial charge in [0.2, 0.25) is 0 Å². The third-order valence-corrected chi connectivity index (χ3v) is 5.77. The minimum absolute atomic E-state index is 0.176. The lowest BCUT2D eigenvalue weighted by molar-refractivity contribution is -0.137. The van der Waals surface area contributed by atoms with E-state index in [1.165, 1.54) is 6.07 Å². The van der Waals surface area contributed by atoms with E-state index in [1.807, 2.05) is 12.1 Å². The second-order valence-corrected chi connectivity index (χ2v) is 7.95. The van der Waals surface area contributed by atoms with Crippen LogP contribution in [0, 0.1) is 0 Å². The Kier molecular flexibility index (Phi) is 5.33. The zero-order valence-corrected chi connectivity index (χ0v) is 17.5. The first kappa shape index (κ1) is 21.1. The monoisotopic (exact) mass is 451 g/mol. The molecule has 6 nitrogen and oxygen atoms in total. The van der Waals surface area contributed by atoms with Crippen molar-refractivity contribution >= 4 is 0 Å². The lowest BCUT2D eigenvalue weighted by Gasteiger charge is -2.28. The van der Waals surface area contributed by atoms with Gasteiger partial charge in [0.25, 0.3) is 5.56 Å². The molecule has 1 aliphatic rings. The standard InChI is InChI=1S/C24H20F3N5O/c25-24(26,27)17-3-1-4-18(13-17)32-11-2-5-19(32)14-31-12-8-21-20(15-31)23(33)30-22(29-21)16-6-9-28-10-7-16/h1-7,9-11,13H,8,12,14-15H2,(H,29,30,33). The highest BCUT2D eigenvalue weighted by molar-refractivity contribution is 5.54. The van der Waals surface area contributed by atoms with Crippen LogP contribution < -0.4 is 5.56 Å². The Morgan fingerprint density at radius 1 is 1.06 bits per heavy atom. The maximum atomic E-state index is 13.1. The van der Waals surface area contributed by atoms with Gasteiger partial charge < -0.3 is 9.55 Å². The summed E-state index contributed by atoms with van der Waals surface area (Å²) in [6, 6.07) is 12.5. The fraction of sp³-hybridized carbons (Fsp3) is 0.208. The summed E-state index contributed by atoms with van der Waals surface area (Å²) in [5, 5.41) is 0. The molecule has 0 atom stereocenters. The Hall–Kier alpha value is -3.72. The molecule has 33 heavy (non-hydrogen) atoms. The van der Waals surface area contributed by atoms with Crippen molar-refractivity contribution in [2.75, 3.05) is 6.54 Å². The first-order valence-corrected chi connectivity index (χ1v) is 10.5. The summed E-state index contributed by atoms with van der Waals surface area (Å²) < 4.78 is 41.2. The molecular weight excluding hydrogens is 431 g/mol. The van der Waals surface area contributed by atoms with Gasteiger partial charge in [-0.1, -0.05) is 6.07 Å². The van der Waals surface area contributed by atoms with Gasteiger partial charge in [-0.2, -0.15) is 13.2 Å². The zero-order chi connectivity index (χ0) is 23.0. The van der Waals surface area contributed by atoms with Crippen LogP contribution >= 0.6 is 0 Å². The van der Waals surface area contributed by atoms with Gasteiger partial charge in [-0.15, -0.1) is 0 Å². The third kappa shape index (κ3) is 4.31. The van der Waals surface area contributed by atoms with E-state index in [0.717, 1.165) is 29.1 Å². The number of halogens is 3. The SMILES string of the molecule is O=c1[nH]c(-c2ccncc2)nc2c1CN(Cc1cccn1-c1cccc(C(F)(F)F)c1)CC2. The Labute approximate surface area is 187 Å². The summed E-state index contributed by atoms with van der Waals surface area (Å²) in [4.78, 5) is 26.4. The predicted molar refractivity (Wildman–Crippen MR) is 117 cm³/mol. The van der Waals surface area contributed by atoms with Crippen LogP contribution in [0.5, 0.6) is 0 Å². The fourth-order valence-corrected chi connectivity index (χ4v) is 4.12. The number of rotatable bonds is 4. The summed E-state index contributed by atoms with van der Waals surface area (Å²) in [6.45, 7) is 1.60. The number of benzene rings is 1. The molecule has 0 saturated carbocycles. The average molecular weight is 451 g/mol. The Morgan fingerprint density at radius 2 is 1.88 bits per heavy atom. The number of aromatic nitrogens is 4. The molecule has 4 heterocycles. The molecule has 0 bridgehead atoms. The van der Waals surface area contributed by atoms with Gasteiger partial charge in [0.1, 0.15) is 5.82 Å².